The van der Waals surface area contributed by atoms with Crippen molar-refractivity contribution in [3.05, 3.63) is 23.9 Å². The SMILES string of the molecule is CCN(CC(F)(F)F)c1cccc(CCl)n1. The molecule has 0 atom stereocenters. The minimum Gasteiger partial charge on any atom is -0.348 e. The predicted molar refractivity (Wildman–Crippen MR) is 57.7 cm³/mol. The molecule has 0 bridgehead atoms. The van der Waals surface area contributed by atoms with Crippen LogP contribution in [0.15, 0.2) is 18.2 Å². The number of anilines is 1. The summed E-state index contributed by atoms with van der Waals surface area (Å²) in [5.41, 5.74) is 0.569. The highest BCUT2D eigenvalue weighted by atomic mass is 35.5. The molecule has 6 heteroatoms. The minimum absolute atomic E-state index is 0.192. The first-order chi connectivity index (χ1) is 7.46. The van der Waals surface area contributed by atoms with E-state index in [1.165, 1.54) is 0 Å². The Labute approximate surface area is 97.0 Å². The average molecular weight is 253 g/mol. The van der Waals surface area contributed by atoms with Crippen molar-refractivity contribution < 1.29 is 13.2 Å². The molecule has 0 amide bonds. The molecule has 1 aromatic rings. The summed E-state index contributed by atoms with van der Waals surface area (Å²) in [6.45, 7) is 0.904. The van der Waals surface area contributed by atoms with Crippen LogP contribution in [0, 0.1) is 0 Å². The van der Waals surface area contributed by atoms with Crippen LogP contribution in [0.3, 0.4) is 0 Å². The third-order valence-corrected chi connectivity index (χ3v) is 2.28. The normalized spacial score (nSPS) is 11.6. The minimum atomic E-state index is -4.23. The first kappa shape index (κ1) is 13.1. The van der Waals surface area contributed by atoms with Gasteiger partial charge in [-0.1, -0.05) is 6.07 Å². The van der Waals surface area contributed by atoms with E-state index in [1.807, 2.05) is 0 Å². The Morgan fingerprint density at radius 1 is 1.38 bits per heavy atom. The summed E-state index contributed by atoms with van der Waals surface area (Å²) >= 11 is 5.58. The number of hydrogen-bond acceptors (Lipinski definition) is 2. The maximum Gasteiger partial charge on any atom is 0.405 e. The van der Waals surface area contributed by atoms with E-state index in [9.17, 15) is 13.2 Å². The maximum absolute atomic E-state index is 12.3. The van der Waals surface area contributed by atoms with Crippen LogP contribution in [-0.4, -0.2) is 24.2 Å². The Bertz CT molecular complexity index is 341. The van der Waals surface area contributed by atoms with Crippen molar-refractivity contribution in [2.45, 2.75) is 19.0 Å². The van der Waals surface area contributed by atoms with Gasteiger partial charge in [-0.3, -0.25) is 0 Å². The molecular weight excluding hydrogens is 241 g/mol. The number of halogens is 4. The van der Waals surface area contributed by atoms with Gasteiger partial charge in [0.2, 0.25) is 0 Å². The van der Waals surface area contributed by atoms with Gasteiger partial charge in [-0.05, 0) is 19.1 Å². The maximum atomic E-state index is 12.3. The van der Waals surface area contributed by atoms with Crippen LogP contribution in [0.2, 0.25) is 0 Å². The quantitative estimate of drug-likeness (QED) is 0.765. The zero-order valence-corrected chi connectivity index (χ0v) is 9.52. The Morgan fingerprint density at radius 2 is 2.06 bits per heavy atom. The van der Waals surface area contributed by atoms with Gasteiger partial charge in [0.1, 0.15) is 12.4 Å². The molecule has 0 aliphatic heterocycles. The van der Waals surface area contributed by atoms with Crippen molar-refractivity contribution in [1.82, 2.24) is 4.98 Å². The van der Waals surface area contributed by atoms with Crippen LogP contribution < -0.4 is 4.90 Å². The van der Waals surface area contributed by atoms with Crippen LogP contribution in [-0.2, 0) is 5.88 Å². The van der Waals surface area contributed by atoms with Crippen LogP contribution in [0.25, 0.3) is 0 Å². The fourth-order valence-electron chi connectivity index (χ4n) is 1.29. The molecule has 0 aliphatic rings. The third kappa shape index (κ3) is 3.89. The summed E-state index contributed by atoms with van der Waals surface area (Å²) in [4.78, 5) is 5.20. The lowest BCUT2D eigenvalue weighted by Crippen LogP contribution is -2.34. The van der Waals surface area contributed by atoms with Gasteiger partial charge in [-0.15, -0.1) is 11.6 Å². The highest BCUT2D eigenvalue weighted by Gasteiger charge is 2.30. The van der Waals surface area contributed by atoms with Crippen molar-refractivity contribution in [1.29, 1.82) is 0 Å². The molecule has 0 unspecified atom stereocenters. The average Bonchev–Trinajstić information content (AvgIpc) is 2.25. The lowest BCUT2D eigenvalue weighted by Gasteiger charge is -2.23. The lowest BCUT2D eigenvalue weighted by atomic mass is 10.3. The van der Waals surface area contributed by atoms with E-state index in [1.54, 1.807) is 25.1 Å². The summed E-state index contributed by atoms with van der Waals surface area (Å²) < 4.78 is 36.8. The fourth-order valence-corrected chi connectivity index (χ4v) is 1.44. The lowest BCUT2D eigenvalue weighted by molar-refractivity contribution is -0.119. The second-order valence-corrected chi connectivity index (χ2v) is 3.52. The summed E-state index contributed by atoms with van der Waals surface area (Å²) in [5, 5.41) is 0. The van der Waals surface area contributed by atoms with Crippen LogP contribution in [0.5, 0.6) is 0 Å². The Balaban J connectivity index is 2.86. The van der Waals surface area contributed by atoms with E-state index in [0.717, 1.165) is 4.90 Å². The van der Waals surface area contributed by atoms with Crippen molar-refractivity contribution in [2.24, 2.45) is 0 Å². The second kappa shape index (κ2) is 5.39. The summed E-state index contributed by atoms with van der Waals surface area (Å²) in [5.74, 6) is 0.496. The smallest absolute Gasteiger partial charge is 0.348 e. The zero-order chi connectivity index (χ0) is 12.2. The van der Waals surface area contributed by atoms with Crippen molar-refractivity contribution in [3.63, 3.8) is 0 Å². The summed E-state index contributed by atoms with van der Waals surface area (Å²) in [6.07, 6.45) is -4.23. The Hall–Kier alpha value is -0.970. The number of aromatic nitrogens is 1. The third-order valence-electron chi connectivity index (χ3n) is 2.00. The van der Waals surface area contributed by atoms with E-state index in [-0.39, 0.29) is 12.4 Å². The molecule has 90 valence electrons. The largest absolute Gasteiger partial charge is 0.405 e. The molecule has 1 heterocycles. The number of hydrogen-bond donors (Lipinski definition) is 0. The van der Waals surface area contributed by atoms with Gasteiger partial charge < -0.3 is 4.90 Å². The summed E-state index contributed by atoms with van der Waals surface area (Å²) in [7, 11) is 0. The molecule has 0 spiro atoms. The molecule has 16 heavy (non-hydrogen) atoms. The van der Waals surface area contributed by atoms with Gasteiger partial charge in [0.25, 0.3) is 0 Å². The number of nitrogens with zero attached hydrogens (tertiary/aromatic N) is 2. The van der Waals surface area contributed by atoms with Crippen molar-refractivity contribution in [3.8, 4) is 0 Å². The first-order valence-corrected chi connectivity index (χ1v) is 5.33. The number of alkyl halides is 4. The van der Waals surface area contributed by atoms with Crippen LogP contribution in [0.1, 0.15) is 12.6 Å². The van der Waals surface area contributed by atoms with Gasteiger partial charge in [0.05, 0.1) is 11.6 Å². The van der Waals surface area contributed by atoms with Gasteiger partial charge >= 0.3 is 6.18 Å². The molecule has 1 aromatic heterocycles. The zero-order valence-electron chi connectivity index (χ0n) is 8.76. The van der Waals surface area contributed by atoms with Gasteiger partial charge in [-0.2, -0.15) is 13.2 Å². The van der Waals surface area contributed by atoms with Gasteiger partial charge in [0.15, 0.2) is 0 Å². The van der Waals surface area contributed by atoms with E-state index in [4.69, 9.17) is 11.6 Å². The van der Waals surface area contributed by atoms with Gasteiger partial charge in [-0.25, -0.2) is 4.98 Å². The first-order valence-electron chi connectivity index (χ1n) is 4.80. The van der Waals surface area contributed by atoms with Crippen molar-refractivity contribution in [2.75, 3.05) is 18.0 Å². The highest BCUT2D eigenvalue weighted by molar-refractivity contribution is 6.16. The molecule has 2 nitrogen and oxygen atoms in total. The second-order valence-electron chi connectivity index (χ2n) is 3.25. The van der Waals surface area contributed by atoms with Crippen molar-refractivity contribution >= 4 is 17.4 Å². The monoisotopic (exact) mass is 252 g/mol. The van der Waals surface area contributed by atoms with E-state index in [0.29, 0.717) is 11.5 Å². The topological polar surface area (TPSA) is 16.1 Å². The van der Waals surface area contributed by atoms with Crippen LogP contribution in [0.4, 0.5) is 19.0 Å². The number of pyridine rings is 1. The van der Waals surface area contributed by atoms with E-state index >= 15 is 0 Å². The number of rotatable bonds is 4. The summed E-state index contributed by atoms with van der Waals surface area (Å²) in [6, 6.07) is 4.88. The van der Waals surface area contributed by atoms with Gasteiger partial charge in [0, 0.05) is 6.54 Å². The van der Waals surface area contributed by atoms with Crippen LogP contribution >= 0.6 is 11.6 Å². The predicted octanol–water partition coefficient (Wildman–Crippen LogP) is 3.21. The molecule has 0 N–H and O–H groups in total. The molecule has 1 rings (SSSR count). The molecule has 0 saturated heterocycles. The molecule has 0 aromatic carbocycles. The molecule has 0 fully saturated rings. The highest BCUT2D eigenvalue weighted by Crippen LogP contribution is 2.20. The Kier molecular flexibility index (Phi) is 4.41. The molecule has 0 radical (unpaired) electrons. The van der Waals surface area contributed by atoms with E-state index < -0.39 is 12.7 Å². The fraction of sp³-hybridized carbons (Fsp3) is 0.500. The van der Waals surface area contributed by atoms with E-state index in [2.05, 4.69) is 4.98 Å². The Morgan fingerprint density at radius 3 is 2.56 bits per heavy atom. The standard InChI is InChI=1S/C10H12ClF3N2/c1-2-16(7-10(12,13)14)9-5-3-4-8(6-11)15-9/h3-5H,2,6-7H2,1H3. The molecule has 0 aliphatic carbocycles. The molecule has 0 saturated carbocycles. The molecular formula is C10H12ClF3N2.